The molecule has 0 unspecified atom stereocenters. The van der Waals surface area contributed by atoms with Gasteiger partial charge in [0, 0.05) is 5.38 Å². The van der Waals surface area contributed by atoms with Gasteiger partial charge in [0.1, 0.15) is 5.15 Å². The summed E-state index contributed by atoms with van der Waals surface area (Å²) in [4.78, 5) is 11.8. The van der Waals surface area contributed by atoms with Crippen molar-refractivity contribution in [3.05, 3.63) is 34.8 Å². The molecule has 0 amide bonds. The van der Waals surface area contributed by atoms with Crippen molar-refractivity contribution in [2.75, 3.05) is 0 Å². The summed E-state index contributed by atoms with van der Waals surface area (Å²) in [6.07, 6.45) is 0. The highest BCUT2D eigenvalue weighted by atomic mass is 35.5. The fourth-order valence-electron chi connectivity index (χ4n) is 1.35. The number of fused-ring (bicyclic) bond motifs is 1. The van der Waals surface area contributed by atoms with Crippen molar-refractivity contribution >= 4 is 45.7 Å². The maximum Gasteiger partial charge on any atom is 0.173 e. The molecule has 16 heavy (non-hydrogen) atoms. The molecule has 3 aromatic rings. The standard InChI is InChI=1S/C10H6ClN3S2/c11-8-5-15-10(14-8)16-9-12-6-3-1-2-4-7(6)13-9/h1-5H,(H,12,13). The van der Waals surface area contributed by atoms with Gasteiger partial charge in [-0.25, -0.2) is 9.97 Å². The summed E-state index contributed by atoms with van der Waals surface area (Å²) in [6, 6.07) is 7.93. The van der Waals surface area contributed by atoms with Crippen molar-refractivity contribution in [1.82, 2.24) is 15.0 Å². The molecule has 0 saturated carbocycles. The summed E-state index contributed by atoms with van der Waals surface area (Å²) in [5.74, 6) is 0. The lowest BCUT2D eigenvalue weighted by Gasteiger charge is -1.88. The van der Waals surface area contributed by atoms with Crippen molar-refractivity contribution < 1.29 is 0 Å². The Morgan fingerprint density at radius 3 is 2.88 bits per heavy atom. The van der Waals surface area contributed by atoms with Crippen LogP contribution in [-0.2, 0) is 0 Å². The first-order chi connectivity index (χ1) is 7.81. The minimum atomic E-state index is 0.531. The maximum atomic E-state index is 5.76. The van der Waals surface area contributed by atoms with Gasteiger partial charge in [0.2, 0.25) is 0 Å². The smallest absolute Gasteiger partial charge is 0.173 e. The Hall–Kier alpha value is -1.04. The van der Waals surface area contributed by atoms with Crippen LogP contribution in [0.3, 0.4) is 0 Å². The number of benzene rings is 1. The first kappa shape index (κ1) is 10.1. The van der Waals surface area contributed by atoms with Crippen LogP contribution < -0.4 is 0 Å². The average Bonchev–Trinajstić information content (AvgIpc) is 2.84. The highest BCUT2D eigenvalue weighted by molar-refractivity contribution is 8.00. The molecule has 1 N–H and O–H groups in total. The molecule has 0 spiro atoms. The molecule has 0 aliphatic heterocycles. The number of aromatic amines is 1. The Balaban J connectivity index is 1.95. The van der Waals surface area contributed by atoms with Crippen LogP contribution in [0.5, 0.6) is 0 Å². The van der Waals surface area contributed by atoms with Crippen molar-refractivity contribution in [2.24, 2.45) is 0 Å². The zero-order chi connectivity index (χ0) is 11.0. The third-order valence-electron chi connectivity index (χ3n) is 2.01. The number of nitrogens with one attached hydrogen (secondary N) is 1. The second kappa shape index (κ2) is 4.08. The second-order valence-corrected chi connectivity index (χ2v) is 5.58. The van der Waals surface area contributed by atoms with Crippen molar-refractivity contribution in [2.45, 2.75) is 9.50 Å². The first-order valence-electron chi connectivity index (χ1n) is 4.55. The van der Waals surface area contributed by atoms with Gasteiger partial charge in [-0.1, -0.05) is 23.7 Å². The van der Waals surface area contributed by atoms with Crippen LogP contribution in [-0.4, -0.2) is 15.0 Å². The molecule has 80 valence electrons. The zero-order valence-corrected chi connectivity index (χ0v) is 10.4. The highest BCUT2D eigenvalue weighted by Crippen LogP contribution is 2.30. The summed E-state index contributed by atoms with van der Waals surface area (Å²) < 4.78 is 0.893. The predicted molar refractivity (Wildman–Crippen MR) is 67.3 cm³/mol. The van der Waals surface area contributed by atoms with E-state index in [1.54, 1.807) is 0 Å². The highest BCUT2D eigenvalue weighted by Gasteiger charge is 2.06. The molecule has 1 aromatic carbocycles. The van der Waals surface area contributed by atoms with E-state index in [0.717, 1.165) is 20.5 Å². The van der Waals surface area contributed by atoms with Crippen LogP contribution in [0.25, 0.3) is 11.0 Å². The molecule has 0 bridgehead atoms. The topological polar surface area (TPSA) is 41.6 Å². The Morgan fingerprint density at radius 1 is 1.25 bits per heavy atom. The minimum Gasteiger partial charge on any atom is -0.333 e. The minimum absolute atomic E-state index is 0.531. The molecule has 0 aliphatic carbocycles. The van der Waals surface area contributed by atoms with Gasteiger partial charge in [-0.05, 0) is 23.9 Å². The number of hydrogen-bond donors (Lipinski definition) is 1. The number of para-hydroxylation sites is 2. The number of halogens is 1. The summed E-state index contributed by atoms with van der Waals surface area (Å²) in [5, 5.41) is 3.18. The number of rotatable bonds is 2. The molecular weight excluding hydrogens is 262 g/mol. The van der Waals surface area contributed by atoms with E-state index in [9.17, 15) is 0 Å². The predicted octanol–water partition coefficient (Wildman–Crippen LogP) is 3.82. The van der Waals surface area contributed by atoms with E-state index in [4.69, 9.17) is 11.6 Å². The van der Waals surface area contributed by atoms with Gasteiger partial charge >= 0.3 is 0 Å². The van der Waals surface area contributed by atoms with E-state index in [-0.39, 0.29) is 0 Å². The lowest BCUT2D eigenvalue weighted by atomic mass is 10.3. The van der Waals surface area contributed by atoms with Gasteiger partial charge in [0.05, 0.1) is 11.0 Å². The van der Waals surface area contributed by atoms with Crippen molar-refractivity contribution in [3.8, 4) is 0 Å². The van der Waals surface area contributed by atoms with E-state index in [0.29, 0.717) is 5.15 Å². The van der Waals surface area contributed by atoms with Gasteiger partial charge in [-0.2, -0.15) is 0 Å². The van der Waals surface area contributed by atoms with Gasteiger partial charge in [0.25, 0.3) is 0 Å². The largest absolute Gasteiger partial charge is 0.333 e. The molecule has 0 saturated heterocycles. The zero-order valence-electron chi connectivity index (χ0n) is 7.98. The van der Waals surface area contributed by atoms with Gasteiger partial charge in [-0.3, -0.25) is 0 Å². The van der Waals surface area contributed by atoms with Gasteiger partial charge in [0.15, 0.2) is 9.50 Å². The van der Waals surface area contributed by atoms with E-state index in [2.05, 4.69) is 15.0 Å². The Labute approximate surface area is 105 Å². The quantitative estimate of drug-likeness (QED) is 0.767. The van der Waals surface area contributed by atoms with E-state index in [1.807, 2.05) is 29.6 Å². The molecule has 0 fully saturated rings. The average molecular weight is 268 g/mol. The third-order valence-corrected chi connectivity index (χ3v) is 4.16. The van der Waals surface area contributed by atoms with Crippen molar-refractivity contribution in [3.63, 3.8) is 0 Å². The molecule has 0 radical (unpaired) electrons. The van der Waals surface area contributed by atoms with Gasteiger partial charge < -0.3 is 4.98 Å². The lowest BCUT2D eigenvalue weighted by Crippen LogP contribution is -1.73. The van der Waals surface area contributed by atoms with Crippen LogP contribution in [0.2, 0.25) is 5.15 Å². The SMILES string of the molecule is Clc1csc(Sc2nc3ccccc3[nH]2)n1. The number of nitrogens with zero attached hydrogens (tertiary/aromatic N) is 2. The van der Waals surface area contributed by atoms with Crippen LogP contribution in [0.1, 0.15) is 0 Å². The molecule has 6 heteroatoms. The number of imidazole rings is 1. The Bertz CT molecular complexity index is 599. The Morgan fingerprint density at radius 2 is 2.12 bits per heavy atom. The monoisotopic (exact) mass is 267 g/mol. The van der Waals surface area contributed by atoms with Crippen LogP contribution in [0, 0.1) is 0 Å². The molecule has 0 atom stereocenters. The summed E-state index contributed by atoms with van der Waals surface area (Å²) in [6.45, 7) is 0. The summed E-state index contributed by atoms with van der Waals surface area (Å²) in [5.41, 5.74) is 2.00. The number of hydrogen-bond acceptors (Lipinski definition) is 4. The fourth-order valence-corrected chi connectivity index (χ4v) is 3.25. The van der Waals surface area contributed by atoms with Crippen molar-refractivity contribution in [1.29, 1.82) is 0 Å². The van der Waals surface area contributed by atoms with Crippen LogP contribution in [0.15, 0.2) is 39.1 Å². The third kappa shape index (κ3) is 1.93. The fraction of sp³-hybridized carbons (Fsp3) is 0. The molecule has 2 aromatic heterocycles. The molecule has 2 heterocycles. The Kier molecular flexibility index (Phi) is 2.59. The molecule has 3 rings (SSSR count). The van der Waals surface area contributed by atoms with Crippen LogP contribution >= 0.6 is 34.7 Å². The number of aromatic nitrogens is 3. The normalized spacial score (nSPS) is 11.1. The summed E-state index contributed by atoms with van der Waals surface area (Å²) in [7, 11) is 0. The van der Waals surface area contributed by atoms with E-state index >= 15 is 0 Å². The summed E-state index contributed by atoms with van der Waals surface area (Å²) >= 11 is 8.77. The van der Waals surface area contributed by atoms with E-state index in [1.165, 1.54) is 23.1 Å². The number of thiazole rings is 1. The molecule has 3 nitrogen and oxygen atoms in total. The van der Waals surface area contributed by atoms with Crippen LogP contribution in [0.4, 0.5) is 0 Å². The second-order valence-electron chi connectivity index (χ2n) is 3.10. The first-order valence-corrected chi connectivity index (χ1v) is 6.62. The van der Waals surface area contributed by atoms with Gasteiger partial charge in [-0.15, -0.1) is 11.3 Å². The molecule has 0 aliphatic rings. The van der Waals surface area contributed by atoms with E-state index < -0.39 is 0 Å². The maximum absolute atomic E-state index is 5.76. The number of H-pyrrole nitrogens is 1. The molecular formula is C10H6ClN3S2. The lowest BCUT2D eigenvalue weighted by molar-refractivity contribution is 1.07.